The van der Waals surface area contributed by atoms with Gasteiger partial charge in [-0.2, -0.15) is 0 Å². The molecule has 3 aromatic carbocycles. The summed E-state index contributed by atoms with van der Waals surface area (Å²) >= 11 is 0. The third-order valence-electron chi connectivity index (χ3n) is 4.06. The average Bonchev–Trinajstić information content (AvgIpc) is 2.64. The van der Waals surface area contributed by atoms with E-state index in [0.717, 1.165) is 22.5 Å². The van der Waals surface area contributed by atoms with Crippen LogP contribution in [0.1, 0.15) is 17.0 Å². The Hall–Kier alpha value is -2.98. The molecule has 0 saturated carbocycles. The van der Waals surface area contributed by atoms with Crippen molar-refractivity contribution in [1.82, 2.24) is 0 Å². The third kappa shape index (κ3) is 3.27. The Labute approximate surface area is 138 Å². The molecule has 0 aliphatic heterocycles. The molecule has 1 unspecified atom stereocenters. The second kappa shape index (κ2) is 6.85. The standard InChI is InChI=1S/C22H19N/c1-3-22(18-10-6-4-7-11-18)19-14-16-21(17-15-19)23(2)20-12-8-5-9-13-20/h1,4-17,22H,2H3. The van der Waals surface area contributed by atoms with Gasteiger partial charge in [-0.15, -0.1) is 6.42 Å². The van der Waals surface area contributed by atoms with Gasteiger partial charge in [-0.1, -0.05) is 66.6 Å². The van der Waals surface area contributed by atoms with Crippen LogP contribution in [0.3, 0.4) is 0 Å². The zero-order valence-corrected chi connectivity index (χ0v) is 13.2. The van der Waals surface area contributed by atoms with Crippen LogP contribution >= 0.6 is 0 Å². The molecule has 0 fully saturated rings. The first-order valence-electron chi connectivity index (χ1n) is 7.69. The highest BCUT2D eigenvalue weighted by molar-refractivity contribution is 5.62. The van der Waals surface area contributed by atoms with E-state index < -0.39 is 0 Å². The van der Waals surface area contributed by atoms with Crippen LogP contribution in [0.5, 0.6) is 0 Å². The molecule has 0 aromatic heterocycles. The summed E-state index contributed by atoms with van der Waals surface area (Å²) in [6.07, 6.45) is 5.77. The van der Waals surface area contributed by atoms with Crippen molar-refractivity contribution in [2.75, 3.05) is 11.9 Å². The Kier molecular flexibility index (Phi) is 4.45. The van der Waals surface area contributed by atoms with Crippen molar-refractivity contribution in [3.63, 3.8) is 0 Å². The van der Waals surface area contributed by atoms with Gasteiger partial charge in [0.15, 0.2) is 0 Å². The maximum atomic E-state index is 5.77. The summed E-state index contributed by atoms with van der Waals surface area (Å²) in [7, 11) is 2.07. The van der Waals surface area contributed by atoms with Gasteiger partial charge in [0.25, 0.3) is 0 Å². The maximum absolute atomic E-state index is 5.77. The summed E-state index contributed by atoms with van der Waals surface area (Å²) in [4.78, 5) is 2.16. The molecule has 0 N–H and O–H groups in total. The van der Waals surface area contributed by atoms with Crippen molar-refractivity contribution in [3.05, 3.63) is 96.1 Å². The lowest BCUT2D eigenvalue weighted by Crippen LogP contribution is -2.09. The molecule has 3 rings (SSSR count). The van der Waals surface area contributed by atoms with E-state index in [2.05, 4.69) is 66.4 Å². The van der Waals surface area contributed by atoms with Crippen LogP contribution in [-0.2, 0) is 0 Å². The molecular formula is C22H19N. The highest BCUT2D eigenvalue weighted by Crippen LogP contribution is 2.28. The topological polar surface area (TPSA) is 3.24 Å². The monoisotopic (exact) mass is 297 g/mol. The van der Waals surface area contributed by atoms with Gasteiger partial charge in [-0.25, -0.2) is 0 Å². The molecule has 3 aromatic rings. The normalized spacial score (nSPS) is 11.5. The molecule has 23 heavy (non-hydrogen) atoms. The number of hydrogen-bond acceptors (Lipinski definition) is 1. The Morgan fingerprint density at radius 3 is 1.74 bits per heavy atom. The molecule has 0 aliphatic rings. The highest BCUT2D eigenvalue weighted by atomic mass is 15.1. The van der Waals surface area contributed by atoms with E-state index in [0.29, 0.717) is 0 Å². The van der Waals surface area contributed by atoms with Crippen LogP contribution < -0.4 is 4.90 Å². The lowest BCUT2D eigenvalue weighted by molar-refractivity contribution is 1.06. The summed E-state index contributed by atoms with van der Waals surface area (Å²) < 4.78 is 0. The molecular weight excluding hydrogens is 278 g/mol. The van der Waals surface area contributed by atoms with E-state index in [1.54, 1.807) is 0 Å². The van der Waals surface area contributed by atoms with Gasteiger partial charge in [-0.3, -0.25) is 0 Å². The highest BCUT2D eigenvalue weighted by Gasteiger charge is 2.11. The van der Waals surface area contributed by atoms with Crippen LogP contribution in [0.4, 0.5) is 11.4 Å². The van der Waals surface area contributed by atoms with Crippen molar-refractivity contribution in [1.29, 1.82) is 0 Å². The first kappa shape index (κ1) is 14.9. The van der Waals surface area contributed by atoms with Crippen molar-refractivity contribution in [2.24, 2.45) is 0 Å². The minimum absolute atomic E-state index is 0.00715. The molecule has 0 amide bonds. The fourth-order valence-corrected chi connectivity index (χ4v) is 2.72. The molecule has 1 heteroatoms. The second-order valence-corrected chi connectivity index (χ2v) is 5.50. The molecule has 0 saturated heterocycles. The molecule has 1 nitrogen and oxygen atoms in total. The summed E-state index contributed by atoms with van der Waals surface area (Å²) in [5.74, 6) is 2.89. The average molecular weight is 297 g/mol. The van der Waals surface area contributed by atoms with Crippen molar-refractivity contribution >= 4 is 11.4 Å². The molecule has 112 valence electrons. The summed E-state index contributed by atoms with van der Waals surface area (Å²) in [6.45, 7) is 0. The van der Waals surface area contributed by atoms with Crippen molar-refractivity contribution < 1.29 is 0 Å². The summed E-state index contributed by atoms with van der Waals surface area (Å²) in [5, 5.41) is 0. The van der Waals surface area contributed by atoms with E-state index in [4.69, 9.17) is 6.42 Å². The summed E-state index contributed by atoms with van der Waals surface area (Å²) in [6, 6.07) is 29.0. The number of terminal acetylenes is 1. The Bertz CT molecular complexity index is 783. The van der Waals surface area contributed by atoms with Gasteiger partial charge in [-0.05, 0) is 35.4 Å². The van der Waals surface area contributed by atoms with Gasteiger partial charge in [0, 0.05) is 18.4 Å². The van der Waals surface area contributed by atoms with E-state index in [9.17, 15) is 0 Å². The van der Waals surface area contributed by atoms with Gasteiger partial charge < -0.3 is 4.90 Å². The van der Waals surface area contributed by atoms with Crippen LogP contribution in [0.25, 0.3) is 0 Å². The Morgan fingerprint density at radius 1 is 0.696 bits per heavy atom. The quantitative estimate of drug-likeness (QED) is 0.597. The zero-order valence-electron chi connectivity index (χ0n) is 13.2. The summed E-state index contributed by atoms with van der Waals surface area (Å²) in [5.41, 5.74) is 4.60. The number of benzene rings is 3. The zero-order chi connectivity index (χ0) is 16.1. The van der Waals surface area contributed by atoms with E-state index in [-0.39, 0.29) is 5.92 Å². The van der Waals surface area contributed by atoms with Gasteiger partial charge >= 0.3 is 0 Å². The number of rotatable bonds is 4. The fraction of sp³-hybridized carbons (Fsp3) is 0.0909. The van der Waals surface area contributed by atoms with Crippen LogP contribution in [0.15, 0.2) is 84.9 Å². The maximum Gasteiger partial charge on any atom is 0.0699 e. The van der Waals surface area contributed by atoms with Crippen LogP contribution in [0.2, 0.25) is 0 Å². The Morgan fingerprint density at radius 2 is 1.17 bits per heavy atom. The minimum atomic E-state index is -0.00715. The smallest absolute Gasteiger partial charge is 0.0699 e. The van der Waals surface area contributed by atoms with Crippen LogP contribution in [0, 0.1) is 12.3 Å². The molecule has 0 heterocycles. The number of para-hydroxylation sites is 1. The lowest BCUT2D eigenvalue weighted by atomic mass is 9.92. The third-order valence-corrected chi connectivity index (χ3v) is 4.06. The molecule has 0 radical (unpaired) electrons. The van der Waals surface area contributed by atoms with Crippen LogP contribution in [-0.4, -0.2) is 7.05 Å². The van der Waals surface area contributed by atoms with Gasteiger partial charge in [0.2, 0.25) is 0 Å². The van der Waals surface area contributed by atoms with E-state index in [1.807, 2.05) is 36.4 Å². The lowest BCUT2D eigenvalue weighted by Gasteiger charge is -2.20. The van der Waals surface area contributed by atoms with Gasteiger partial charge in [0.1, 0.15) is 0 Å². The number of hydrogen-bond donors (Lipinski definition) is 0. The van der Waals surface area contributed by atoms with E-state index >= 15 is 0 Å². The Balaban J connectivity index is 1.86. The SMILES string of the molecule is C#CC(c1ccccc1)c1ccc(N(C)c2ccccc2)cc1. The molecule has 1 atom stereocenters. The van der Waals surface area contributed by atoms with Crippen molar-refractivity contribution in [2.45, 2.75) is 5.92 Å². The first-order chi connectivity index (χ1) is 11.3. The predicted molar refractivity (Wildman–Crippen MR) is 98.1 cm³/mol. The fourth-order valence-electron chi connectivity index (χ4n) is 2.72. The van der Waals surface area contributed by atoms with Crippen molar-refractivity contribution in [3.8, 4) is 12.3 Å². The van der Waals surface area contributed by atoms with Gasteiger partial charge in [0.05, 0.1) is 5.92 Å². The number of anilines is 2. The molecule has 0 spiro atoms. The van der Waals surface area contributed by atoms with E-state index in [1.165, 1.54) is 0 Å². The predicted octanol–water partition coefficient (Wildman–Crippen LogP) is 5.22. The minimum Gasteiger partial charge on any atom is -0.345 e. The molecule has 0 bridgehead atoms. The first-order valence-corrected chi connectivity index (χ1v) is 7.69. The number of nitrogens with zero attached hydrogens (tertiary/aromatic N) is 1. The molecule has 0 aliphatic carbocycles. The largest absolute Gasteiger partial charge is 0.345 e. The second-order valence-electron chi connectivity index (χ2n) is 5.50.